The first-order chi connectivity index (χ1) is 9.07. The number of rotatable bonds is 12. The molecule has 1 nitrogen and oxygen atoms in total. The van der Waals surface area contributed by atoms with Crippen LogP contribution in [-0.2, 0) is 35.9 Å². The van der Waals surface area contributed by atoms with Gasteiger partial charge in [-0.1, -0.05) is 0 Å². The number of hydrogen-bond acceptors (Lipinski definition) is 1. The molecule has 0 saturated heterocycles. The Kier molecular flexibility index (Phi) is 11.8. The maximum atomic E-state index is 7.20. The molecule has 116 valence electrons. The van der Waals surface area contributed by atoms with Gasteiger partial charge in [-0.2, -0.15) is 0 Å². The molecule has 0 aromatic rings. The van der Waals surface area contributed by atoms with Crippen LogP contribution in [0.15, 0.2) is 0 Å². The zero-order valence-electron chi connectivity index (χ0n) is 14.5. The third-order valence-corrected chi connectivity index (χ3v) is 23.9. The molecule has 0 spiro atoms. The SMILES string of the molecule is CCC[CH2][Ti]([CH2]C)([CH2]CCC)[O][Ti]([CH2]C)([CH2]C)[CH2]C. The fraction of sp³-hybridized carbons (Fsp3) is 1.00. The number of hydrogen-bond donors (Lipinski definition) is 0. The Labute approximate surface area is 130 Å². The van der Waals surface area contributed by atoms with Gasteiger partial charge in [0.25, 0.3) is 0 Å². The first-order valence-corrected chi connectivity index (χ1v) is 16.7. The van der Waals surface area contributed by atoms with E-state index in [0.717, 1.165) is 0 Å². The van der Waals surface area contributed by atoms with E-state index >= 15 is 0 Å². The van der Waals surface area contributed by atoms with E-state index in [0.29, 0.717) is 0 Å². The van der Waals surface area contributed by atoms with Crippen LogP contribution < -0.4 is 0 Å². The van der Waals surface area contributed by atoms with Gasteiger partial charge in [0.05, 0.1) is 0 Å². The summed E-state index contributed by atoms with van der Waals surface area (Å²) in [6.07, 6.45) is 5.50. The van der Waals surface area contributed by atoms with E-state index in [-0.39, 0.29) is 0 Å². The van der Waals surface area contributed by atoms with Crippen molar-refractivity contribution in [3.63, 3.8) is 0 Å². The van der Waals surface area contributed by atoms with Crippen LogP contribution >= 0.6 is 0 Å². The normalized spacial score (nSPS) is 12.9. The molecule has 0 fully saturated rings. The minimum atomic E-state index is -2.00. The van der Waals surface area contributed by atoms with Crippen LogP contribution in [0.25, 0.3) is 0 Å². The van der Waals surface area contributed by atoms with Crippen molar-refractivity contribution in [3.8, 4) is 0 Å². The first-order valence-electron chi connectivity index (χ1n) is 8.77. The van der Waals surface area contributed by atoms with Gasteiger partial charge in [0, 0.05) is 0 Å². The molecule has 0 radical (unpaired) electrons. The zero-order chi connectivity index (χ0) is 14.8. The quantitative estimate of drug-likeness (QED) is 0.337. The third-order valence-electron chi connectivity index (χ3n) is 4.98. The standard InChI is InChI=1S/2C4H9.4C2H5.O.2Ti/c2*1-3-4-2;4*1-2;;;/h2*1,3-4H2,2H3;4*1H2,2H3;;;. The molecule has 0 aromatic heterocycles. The van der Waals surface area contributed by atoms with Crippen molar-refractivity contribution in [1.29, 1.82) is 0 Å². The fourth-order valence-corrected chi connectivity index (χ4v) is 23.6. The first kappa shape index (κ1) is 20.4. The van der Waals surface area contributed by atoms with E-state index in [4.69, 9.17) is 1.90 Å². The van der Waals surface area contributed by atoms with Crippen LogP contribution in [0.3, 0.4) is 0 Å². The summed E-state index contributed by atoms with van der Waals surface area (Å²) in [6.45, 7) is 14.3. The average molecular weight is 342 g/mol. The van der Waals surface area contributed by atoms with Gasteiger partial charge in [0.2, 0.25) is 0 Å². The summed E-state index contributed by atoms with van der Waals surface area (Å²) in [5, 5.41) is 0. The number of unbranched alkanes of at least 4 members (excludes halogenated alkanes) is 2. The van der Waals surface area contributed by atoms with Crippen LogP contribution in [-0.4, -0.2) is 0 Å². The second-order valence-corrected chi connectivity index (χ2v) is 21.1. The molecule has 3 heteroatoms. The van der Waals surface area contributed by atoms with Crippen LogP contribution in [0.1, 0.15) is 67.2 Å². The topological polar surface area (TPSA) is 9.23 Å². The van der Waals surface area contributed by atoms with Crippen LogP contribution in [0.5, 0.6) is 0 Å². The van der Waals surface area contributed by atoms with Crippen molar-refractivity contribution in [1.82, 2.24) is 0 Å². The van der Waals surface area contributed by atoms with Gasteiger partial charge in [0.1, 0.15) is 0 Å². The van der Waals surface area contributed by atoms with Crippen molar-refractivity contribution >= 4 is 0 Å². The summed E-state index contributed by atoms with van der Waals surface area (Å²) in [7, 11) is 0. The molecule has 0 saturated carbocycles. The molecule has 0 N–H and O–H groups in total. The summed E-state index contributed by atoms with van der Waals surface area (Å²) >= 11 is -3.95. The van der Waals surface area contributed by atoms with Crippen molar-refractivity contribution in [2.75, 3.05) is 0 Å². The monoisotopic (exact) mass is 342 g/mol. The van der Waals surface area contributed by atoms with E-state index in [1.165, 1.54) is 54.0 Å². The van der Waals surface area contributed by atoms with Crippen LogP contribution in [0.4, 0.5) is 0 Å². The third kappa shape index (κ3) is 6.79. The van der Waals surface area contributed by atoms with E-state index in [1.807, 2.05) is 0 Å². The van der Waals surface area contributed by atoms with Crippen molar-refractivity contribution in [2.45, 2.75) is 95.6 Å². The Hall–Kier alpha value is 1.39. The molecular weight excluding hydrogens is 304 g/mol. The molecule has 0 bridgehead atoms. The van der Waals surface area contributed by atoms with E-state index in [9.17, 15) is 0 Å². The second-order valence-electron chi connectivity index (χ2n) is 6.09. The summed E-state index contributed by atoms with van der Waals surface area (Å²) in [5.74, 6) is 0. The van der Waals surface area contributed by atoms with E-state index in [1.54, 1.807) is 0 Å². The van der Waals surface area contributed by atoms with Gasteiger partial charge in [0.15, 0.2) is 0 Å². The van der Waals surface area contributed by atoms with Gasteiger partial charge >= 0.3 is 131 Å². The summed E-state index contributed by atoms with van der Waals surface area (Å²) in [4.78, 5) is 0. The molecule has 0 heterocycles. The average Bonchev–Trinajstić information content (AvgIpc) is 2.47. The van der Waals surface area contributed by atoms with Crippen LogP contribution in [0.2, 0.25) is 28.4 Å². The molecule has 0 rings (SSSR count). The molecule has 0 amide bonds. The Morgan fingerprint density at radius 1 is 0.579 bits per heavy atom. The molecule has 0 aliphatic rings. The second kappa shape index (κ2) is 11.0. The maximum absolute atomic E-state index is 7.20. The van der Waals surface area contributed by atoms with Crippen molar-refractivity contribution in [2.24, 2.45) is 0 Å². The molecule has 19 heavy (non-hydrogen) atoms. The summed E-state index contributed by atoms with van der Waals surface area (Å²) < 4.78 is 15.7. The van der Waals surface area contributed by atoms with Gasteiger partial charge in [-0.25, -0.2) is 0 Å². The minimum absolute atomic E-state index is 1.34. The van der Waals surface area contributed by atoms with Gasteiger partial charge in [-0.15, -0.1) is 0 Å². The van der Waals surface area contributed by atoms with Gasteiger partial charge in [-0.3, -0.25) is 0 Å². The van der Waals surface area contributed by atoms with Gasteiger partial charge < -0.3 is 0 Å². The van der Waals surface area contributed by atoms with E-state index < -0.39 is 34.0 Å². The molecule has 0 unspecified atom stereocenters. The molecule has 0 aliphatic heterocycles. The summed E-state index contributed by atoms with van der Waals surface area (Å²) in [6, 6.07) is 0. The predicted octanol–water partition coefficient (Wildman–Crippen LogP) is 7.33. The van der Waals surface area contributed by atoms with Crippen LogP contribution in [0, 0.1) is 0 Å². The Morgan fingerprint density at radius 3 is 1.21 bits per heavy atom. The predicted molar refractivity (Wildman–Crippen MR) is 82.4 cm³/mol. The van der Waals surface area contributed by atoms with Crippen molar-refractivity contribution < 1.29 is 35.9 Å². The molecule has 0 atom stereocenters. The van der Waals surface area contributed by atoms with Crippen molar-refractivity contribution in [3.05, 3.63) is 0 Å². The zero-order valence-corrected chi connectivity index (χ0v) is 17.6. The van der Waals surface area contributed by atoms with E-state index in [2.05, 4.69) is 41.5 Å². The fourth-order valence-electron chi connectivity index (χ4n) is 3.08. The Bertz CT molecular complexity index is 199. The molecule has 0 aromatic carbocycles. The summed E-state index contributed by atoms with van der Waals surface area (Å²) in [5.41, 5.74) is 0. The molecule has 0 aliphatic carbocycles. The van der Waals surface area contributed by atoms with Gasteiger partial charge in [-0.05, 0) is 0 Å². The Balaban J connectivity index is 4.96. The molecular formula is C16H38OTi2. The Morgan fingerprint density at radius 2 is 0.947 bits per heavy atom.